The smallest absolute Gasteiger partial charge is 0.338 e. The molecule has 4 N–H and O–H groups in total. The fraction of sp³-hybridized carbons (Fsp3) is 0.400. The number of aromatic amines is 1. The molecule has 2 unspecified atom stereocenters. The maximum Gasteiger partial charge on any atom is 0.338 e. The third-order valence-electron chi connectivity index (χ3n) is 2.20. The molecule has 0 saturated heterocycles. The molecule has 2 atom stereocenters. The number of aromatic nitrogens is 1. The van der Waals surface area contributed by atoms with Gasteiger partial charge in [0.1, 0.15) is 0 Å². The molecule has 0 aliphatic heterocycles. The van der Waals surface area contributed by atoms with Gasteiger partial charge >= 0.3 is 5.97 Å². The highest BCUT2D eigenvalue weighted by atomic mass is 16.6. The summed E-state index contributed by atoms with van der Waals surface area (Å²) in [7, 11) is 0. The van der Waals surface area contributed by atoms with Crippen LogP contribution in [-0.2, 0) is 15.3 Å². The minimum absolute atomic E-state index is 0.0176. The molecule has 0 fully saturated rings. The lowest BCUT2D eigenvalue weighted by Crippen LogP contribution is -2.47. The molecule has 1 aromatic rings. The van der Waals surface area contributed by atoms with Crippen molar-refractivity contribution in [2.45, 2.75) is 18.8 Å². The Morgan fingerprint density at radius 2 is 2.35 bits per heavy atom. The van der Waals surface area contributed by atoms with Crippen LogP contribution in [-0.4, -0.2) is 45.3 Å². The van der Waals surface area contributed by atoms with Crippen LogP contribution in [0.1, 0.15) is 23.0 Å². The molecule has 7 nitrogen and oxygen atoms in total. The highest BCUT2D eigenvalue weighted by Crippen LogP contribution is 2.26. The normalized spacial score (nSPS) is 16.2. The quantitative estimate of drug-likeness (QED) is 0.393. The number of H-pyrrole nitrogens is 1. The fourth-order valence-corrected chi connectivity index (χ4v) is 1.38. The highest BCUT2D eigenvalue weighted by molar-refractivity contribution is 5.76. The van der Waals surface area contributed by atoms with Crippen LogP contribution in [0.3, 0.4) is 0 Å². The molecule has 94 valence electrons. The van der Waals surface area contributed by atoms with E-state index in [4.69, 9.17) is 9.84 Å². The average molecular weight is 243 g/mol. The molecule has 0 aliphatic rings. The van der Waals surface area contributed by atoms with E-state index in [1.165, 1.54) is 19.2 Å². The molecule has 7 heteroatoms. The predicted molar refractivity (Wildman–Crippen MR) is 55.3 cm³/mol. The van der Waals surface area contributed by atoms with Crippen LogP contribution in [0, 0.1) is 0 Å². The number of aliphatic carboxylic acids is 1. The van der Waals surface area contributed by atoms with E-state index < -0.39 is 17.9 Å². The van der Waals surface area contributed by atoms with Gasteiger partial charge in [0, 0.05) is 18.4 Å². The topological polar surface area (TPSA) is 120 Å². The number of aliphatic hydroxyl groups excluding tert-OH is 1. The maximum atomic E-state index is 10.7. The molecule has 0 aromatic carbocycles. The van der Waals surface area contributed by atoms with E-state index in [0.717, 1.165) is 0 Å². The van der Waals surface area contributed by atoms with Crippen LogP contribution in [0.2, 0.25) is 0 Å². The van der Waals surface area contributed by atoms with Gasteiger partial charge in [0.2, 0.25) is 11.9 Å². The molecule has 0 radical (unpaired) electrons. The second-order valence-corrected chi connectivity index (χ2v) is 3.33. The molecule has 17 heavy (non-hydrogen) atoms. The fourth-order valence-electron chi connectivity index (χ4n) is 1.38. The second-order valence-electron chi connectivity index (χ2n) is 3.33. The SMILES string of the molecule is CCOC(O)(c1cc(C=O)c[nH]1)C(O)C(=O)O. The van der Waals surface area contributed by atoms with Gasteiger partial charge in [-0.25, -0.2) is 4.79 Å². The Labute approximate surface area is 96.6 Å². The number of carboxylic acids is 1. The summed E-state index contributed by atoms with van der Waals surface area (Å²) in [4.78, 5) is 23.7. The number of hydrogen-bond acceptors (Lipinski definition) is 5. The van der Waals surface area contributed by atoms with Gasteiger partial charge in [-0.15, -0.1) is 0 Å². The van der Waals surface area contributed by atoms with Crippen molar-refractivity contribution in [1.29, 1.82) is 0 Å². The molecule has 0 aliphatic carbocycles. The van der Waals surface area contributed by atoms with Crippen LogP contribution in [0.4, 0.5) is 0 Å². The third kappa shape index (κ3) is 2.52. The van der Waals surface area contributed by atoms with Crippen molar-refractivity contribution in [3.63, 3.8) is 0 Å². The first-order valence-electron chi connectivity index (χ1n) is 4.87. The molecule has 0 amide bonds. The Balaban J connectivity index is 3.14. The number of hydrogen-bond donors (Lipinski definition) is 4. The molecular weight excluding hydrogens is 230 g/mol. The third-order valence-corrected chi connectivity index (χ3v) is 2.20. The van der Waals surface area contributed by atoms with Crippen LogP contribution in [0.5, 0.6) is 0 Å². The summed E-state index contributed by atoms with van der Waals surface area (Å²) in [5, 5.41) is 28.2. The van der Waals surface area contributed by atoms with Crippen LogP contribution >= 0.6 is 0 Å². The molecule has 1 aromatic heterocycles. The lowest BCUT2D eigenvalue weighted by Gasteiger charge is -2.29. The van der Waals surface area contributed by atoms with E-state index >= 15 is 0 Å². The van der Waals surface area contributed by atoms with Gasteiger partial charge in [-0.1, -0.05) is 0 Å². The Bertz CT molecular complexity index is 415. The summed E-state index contributed by atoms with van der Waals surface area (Å²) in [6.07, 6.45) is -0.388. The highest BCUT2D eigenvalue weighted by Gasteiger charge is 2.44. The molecular formula is C10H13NO6. The Morgan fingerprint density at radius 3 is 2.76 bits per heavy atom. The summed E-state index contributed by atoms with van der Waals surface area (Å²) in [6.45, 7) is 1.51. The minimum atomic E-state index is -2.41. The van der Waals surface area contributed by atoms with Gasteiger partial charge in [0.25, 0.3) is 0 Å². The van der Waals surface area contributed by atoms with Crippen molar-refractivity contribution in [2.75, 3.05) is 6.61 Å². The molecule has 1 rings (SSSR count). The number of rotatable bonds is 6. The van der Waals surface area contributed by atoms with Crippen molar-refractivity contribution in [1.82, 2.24) is 4.98 Å². The summed E-state index contributed by atoms with van der Waals surface area (Å²) in [5.74, 6) is -4.05. The molecule has 0 bridgehead atoms. The first-order chi connectivity index (χ1) is 7.95. The van der Waals surface area contributed by atoms with Crippen molar-refractivity contribution in [3.05, 3.63) is 23.5 Å². The number of ether oxygens (including phenoxy) is 1. The molecule has 1 heterocycles. The Kier molecular flexibility index (Phi) is 4.00. The van der Waals surface area contributed by atoms with Crippen molar-refractivity contribution in [2.24, 2.45) is 0 Å². The Hall–Kier alpha value is -1.70. The lowest BCUT2D eigenvalue weighted by atomic mass is 10.1. The van der Waals surface area contributed by atoms with Crippen molar-refractivity contribution < 1.29 is 29.6 Å². The van der Waals surface area contributed by atoms with Gasteiger partial charge < -0.3 is 25.0 Å². The van der Waals surface area contributed by atoms with Crippen molar-refractivity contribution in [3.8, 4) is 0 Å². The summed E-state index contributed by atoms with van der Waals surface area (Å²) in [5.41, 5.74) is 0.104. The van der Waals surface area contributed by atoms with Crippen LogP contribution < -0.4 is 0 Å². The largest absolute Gasteiger partial charge is 0.479 e. The number of aliphatic hydroxyl groups is 2. The molecule has 0 saturated carbocycles. The number of carbonyl (C=O) groups is 2. The summed E-state index contributed by atoms with van der Waals surface area (Å²) in [6, 6.07) is 1.20. The van der Waals surface area contributed by atoms with E-state index in [1.54, 1.807) is 0 Å². The standard InChI is InChI=1S/C10H13NO6/c1-2-17-10(16,8(13)9(14)15)7-3-6(5-12)4-11-7/h3-5,8,11,13,16H,2H2,1H3,(H,14,15). The second kappa shape index (κ2) is 5.09. The first kappa shape index (κ1) is 13.4. The number of carbonyl (C=O) groups excluding carboxylic acids is 1. The maximum absolute atomic E-state index is 10.7. The van der Waals surface area contributed by atoms with E-state index in [1.807, 2.05) is 0 Å². The Morgan fingerprint density at radius 1 is 1.71 bits per heavy atom. The monoisotopic (exact) mass is 243 g/mol. The first-order valence-corrected chi connectivity index (χ1v) is 4.87. The summed E-state index contributed by atoms with van der Waals surface area (Å²) >= 11 is 0. The zero-order valence-corrected chi connectivity index (χ0v) is 9.08. The van der Waals surface area contributed by atoms with E-state index in [0.29, 0.717) is 6.29 Å². The van der Waals surface area contributed by atoms with E-state index in [2.05, 4.69) is 4.98 Å². The minimum Gasteiger partial charge on any atom is -0.479 e. The van der Waals surface area contributed by atoms with Gasteiger partial charge in [-0.05, 0) is 13.0 Å². The number of nitrogens with one attached hydrogen (secondary N) is 1. The van der Waals surface area contributed by atoms with Crippen molar-refractivity contribution >= 4 is 12.3 Å². The van der Waals surface area contributed by atoms with Crippen LogP contribution in [0.25, 0.3) is 0 Å². The average Bonchev–Trinajstić information content (AvgIpc) is 2.77. The zero-order chi connectivity index (χ0) is 13.1. The predicted octanol–water partition coefficient (Wildman–Crippen LogP) is -0.546. The molecule has 0 spiro atoms. The van der Waals surface area contributed by atoms with Gasteiger partial charge in [-0.3, -0.25) is 4.79 Å². The van der Waals surface area contributed by atoms with E-state index in [9.17, 15) is 19.8 Å². The van der Waals surface area contributed by atoms with Crippen LogP contribution in [0.15, 0.2) is 12.3 Å². The van der Waals surface area contributed by atoms with Gasteiger partial charge in [0.15, 0.2) is 6.29 Å². The lowest BCUT2D eigenvalue weighted by molar-refractivity contribution is -0.265. The number of aldehydes is 1. The summed E-state index contributed by atoms with van der Waals surface area (Å²) < 4.78 is 4.87. The van der Waals surface area contributed by atoms with Gasteiger partial charge in [0.05, 0.1) is 5.69 Å². The van der Waals surface area contributed by atoms with E-state index in [-0.39, 0.29) is 17.9 Å². The number of carboxylic acid groups (broad SMARTS) is 1. The van der Waals surface area contributed by atoms with Gasteiger partial charge in [-0.2, -0.15) is 0 Å². The zero-order valence-electron chi connectivity index (χ0n) is 9.08.